The summed E-state index contributed by atoms with van der Waals surface area (Å²) in [7, 11) is -3.47. The van der Waals surface area contributed by atoms with Crippen molar-refractivity contribution in [3.05, 3.63) is 57.6 Å². The van der Waals surface area contributed by atoms with Crippen LogP contribution in [0.3, 0.4) is 0 Å². The minimum Gasteiger partial charge on any atom is -0.353 e. The molecule has 0 atom stereocenters. The Morgan fingerprint density at radius 2 is 1.68 bits per heavy atom. The number of nitrogens with one attached hydrogen (secondary N) is 1. The van der Waals surface area contributed by atoms with Crippen molar-refractivity contribution in [2.24, 2.45) is 0 Å². The van der Waals surface area contributed by atoms with Crippen LogP contribution in [0.25, 0.3) is 16.3 Å². The number of benzene rings is 1. The summed E-state index contributed by atoms with van der Waals surface area (Å²) >= 11 is 1.86. The first kappa shape index (κ1) is 25.0. The highest BCUT2D eigenvalue weighted by molar-refractivity contribution is 7.92. The third-order valence-corrected chi connectivity index (χ3v) is 10.7. The van der Waals surface area contributed by atoms with Crippen LogP contribution in [0.15, 0.2) is 35.7 Å². The molecule has 0 saturated carbocycles. The van der Waals surface area contributed by atoms with Crippen molar-refractivity contribution in [3.63, 3.8) is 0 Å². The van der Waals surface area contributed by atoms with Gasteiger partial charge >= 0.3 is 0 Å². The second-order valence-corrected chi connectivity index (χ2v) is 13.4. The number of rotatable bonds is 6. The average molecular weight is 539 g/mol. The van der Waals surface area contributed by atoms with Crippen LogP contribution in [-0.2, 0) is 29.4 Å². The van der Waals surface area contributed by atoms with Gasteiger partial charge in [0.25, 0.3) is 0 Å². The summed E-state index contributed by atoms with van der Waals surface area (Å²) in [5.41, 5.74) is 2.33. The van der Waals surface area contributed by atoms with Gasteiger partial charge in [-0.2, -0.15) is 4.31 Å². The lowest BCUT2D eigenvalue weighted by Crippen LogP contribution is -3.11. The first-order chi connectivity index (χ1) is 18.1. The topological polar surface area (TPSA) is 70.8 Å². The second-order valence-electron chi connectivity index (χ2n) is 10.5. The van der Waals surface area contributed by atoms with Gasteiger partial charge in [0.15, 0.2) is 5.82 Å². The number of hydrogen-bond acceptors (Lipinski definition) is 6. The van der Waals surface area contributed by atoms with Crippen LogP contribution in [-0.4, -0.2) is 62.0 Å². The Labute approximate surface area is 223 Å². The molecule has 0 radical (unpaired) electrons. The highest BCUT2D eigenvalue weighted by Gasteiger charge is 2.30. The second kappa shape index (κ2) is 10.8. The predicted octanol–water partition coefficient (Wildman–Crippen LogP) is 3.26. The quantitative estimate of drug-likeness (QED) is 0.522. The lowest BCUT2D eigenvalue weighted by atomic mass is 9.97. The van der Waals surface area contributed by atoms with E-state index in [4.69, 9.17) is 9.97 Å². The zero-order valence-corrected chi connectivity index (χ0v) is 23.0. The van der Waals surface area contributed by atoms with Gasteiger partial charge in [-0.15, -0.1) is 11.3 Å². The van der Waals surface area contributed by atoms with E-state index in [-0.39, 0.29) is 0 Å². The monoisotopic (exact) mass is 538 g/mol. The molecule has 196 valence electrons. The minimum atomic E-state index is -3.47. The highest BCUT2D eigenvalue weighted by Crippen LogP contribution is 2.40. The van der Waals surface area contributed by atoms with Crippen LogP contribution in [0.1, 0.15) is 53.9 Å². The highest BCUT2D eigenvalue weighted by atomic mass is 32.2. The van der Waals surface area contributed by atoms with E-state index in [2.05, 4.69) is 4.90 Å². The van der Waals surface area contributed by atoms with Crippen molar-refractivity contribution in [1.82, 2.24) is 14.3 Å². The number of fused-ring (bicyclic) bond motifs is 3. The minimum absolute atomic E-state index is 0.464. The number of anilines is 1. The lowest BCUT2D eigenvalue weighted by molar-refractivity contribution is -0.919. The van der Waals surface area contributed by atoms with Crippen LogP contribution >= 0.6 is 11.3 Å². The Morgan fingerprint density at radius 1 is 0.919 bits per heavy atom. The number of piperazine rings is 1. The molecule has 2 aliphatic heterocycles. The van der Waals surface area contributed by atoms with Crippen molar-refractivity contribution in [3.8, 4) is 0 Å². The third-order valence-electron chi connectivity index (χ3n) is 7.94. The van der Waals surface area contributed by atoms with Gasteiger partial charge in [-0.05, 0) is 62.1 Å². The summed E-state index contributed by atoms with van der Waals surface area (Å²) in [6, 6.07) is 9.58. The van der Waals surface area contributed by atoms with E-state index in [0.717, 1.165) is 41.4 Å². The van der Waals surface area contributed by atoms with Gasteiger partial charge in [-0.3, -0.25) is 0 Å². The molecular weight excluding hydrogens is 502 g/mol. The number of likely N-dealkylation sites (tertiary alicyclic amines) is 1. The molecule has 3 aromatic rings. The molecule has 2 saturated heterocycles. The smallest absolute Gasteiger partial charge is 0.236 e. The average Bonchev–Trinajstić information content (AvgIpc) is 3.31. The molecule has 37 heavy (non-hydrogen) atoms. The number of nitrogens with zero attached hydrogens (tertiary/aromatic N) is 4. The van der Waals surface area contributed by atoms with Crippen LogP contribution in [0, 0.1) is 0 Å². The van der Waals surface area contributed by atoms with Gasteiger partial charge in [0.05, 0.1) is 18.5 Å². The van der Waals surface area contributed by atoms with E-state index in [1.54, 1.807) is 15.3 Å². The number of aromatic nitrogens is 2. The fourth-order valence-corrected chi connectivity index (χ4v) is 8.36. The molecule has 2 aromatic heterocycles. The fraction of sp³-hybridized carbons (Fsp3) is 0.500. The largest absolute Gasteiger partial charge is 0.353 e. The van der Waals surface area contributed by atoms with Crippen molar-refractivity contribution < 1.29 is 13.3 Å². The Hall–Kier alpha value is -2.33. The van der Waals surface area contributed by atoms with Gasteiger partial charge in [-0.1, -0.05) is 30.3 Å². The van der Waals surface area contributed by atoms with Gasteiger partial charge < -0.3 is 9.80 Å². The van der Waals surface area contributed by atoms with Gasteiger partial charge in [0.1, 0.15) is 17.2 Å². The normalized spacial score (nSPS) is 20.1. The van der Waals surface area contributed by atoms with E-state index >= 15 is 0 Å². The first-order valence-corrected chi connectivity index (χ1v) is 16.0. The van der Waals surface area contributed by atoms with E-state index < -0.39 is 10.0 Å². The predicted molar refractivity (Wildman–Crippen MR) is 150 cm³/mol. The molecule has 0 bridgehead atoms. The van der Waals surface area contributed by atoms with E-state index in [1.807, 2.05) is 41.7 Å². The maximum atomic E-state index is 13.0. The van der Waals surface area contributed by atoms with Crippen molar-refractivity contribution >= 4 is 43.5 Å². The summed E-state index contributed by atoms with van der Waals surface area (Å²) in [5, 5.41) is 2.58. The Morgan fingerprint density at radius 3 is 2.46 bits per heavy atom. The zero-order chi connectivity index (χ0) is 25.2. The van der Waals surface area contributed by atoms with Crippen molar-refractivity contribution in [2.45, 2.75) is 51.5 Å². The van der Waals surface area contributed by atoms with E-state index in [1.165, 1.54) is 66.4 Å². The van der Waals surface area contributed by atoms with Gasteiger partial charge in [-0.25, -0.2) is 18.4 Å². The number of thiophene rings is 1. The number of aryl methyl sites for hydroxylation is 2. The Kier molecular flexibility index (Phi) is 7.29. The van der Waals surface area contributed by atoms with Crippen molar-refractivity contribution in [1.29, 1.82) is 0 Å². The SMILES string of the molecule is O=S(=O)(/C=C/c1ccccc1)N1CCN(c2nc(C[NH+]3CCCCC3)nc3sc4c(c23)CCCC4)CC1. The summed E-state index contributed by atoms with van der Waals surface area (Å²) < 4.78 is 27.7. The molecule has 4 heterocycles. The number of piperidine rings is 1. The molecule has 3 aliphatic rings. The molecule has 7 nitrogen and oxygen atoms in total. The van der Waals surface area contributed by atoms with Crippen LogP contribution in [0.4, 0.5) is 5.82 Å². The Balaban J connectivity index is 1.25. The molecular formula is C28H36N5O2S2+. The molecule has 2 fully saturated rings. The summed E-state index contributed by atoms with van der Waals surface area (Å²) in [6.45, 7) is 5.49. The zero-order valence-electron chi connectivity index (χ0n) is 21.4. The van der Waals surface area contributed by atoms with Crippen LogP contribution < -0.4 is 9.80 Å². The number of quaternary nitrogens is 1. The number of hydrogen-bond donors (Lipinski definition) is 1. The molecule has 0 amide bonds. The molecule has 1 aliphatic carbocycles. The molecule has 0 unspecified atom stereocenters. The fourth-order valence-electron chi connectivity index (χ4n) is 5.91. The first-order valence-electron chi connectivity index (χ1n) is 13.7. The van der Waals surface area contributed by atoms with Crippen molar-refractivity contribution in [2.75, 3.05) is 44.2 Å². The summed E-state index contributed by atoms with van der Waals surface area (Å²) in [4.78, 5) is 16.8. The molecule has 6 rings (SSSR count). The van der Waals surface area contributed by atoms with Gasteiger partial charge in [0.2, 0.25) is 10.0 Å². The van der Waals surface area contributed by atoms with Gasteiger partial charge in [0, 0.05) is 36.5 Å². The molecule has 1 aromatic carbocycles. The van der Waals surface area contributed by atoms with E-state index in [0.29, 0.717) is 26.2 Å². The summed E-state index contributed by atoms with van der Waals surface area (Å²) in [5.74, 6) is 1.98. The van der Waals surface area contributed by atoms with Crippen LogP contribution in [0.2, 0.25) is 0 Å². The molecule has 0 spiro atoms. The third kappa shape index (κ3) is 5.46. The molecule has 1 N–H and O–H groups in total. The van der Waals surface area contributed by atoms with E-state index in [9.17, 15) is 8.42 Å². The standard InChI is InChI=1S/C28H35N5O2S2/c34-37(35,20-13-22-9-3-1-4-10-22)33-18-16-32(17-19-33)27-26-23-11-5-6-12-24(23)36-28(26)30-25(29-27)21-31-14-7-2-8-15-31/h1,3-4,9-10,13,20H,2,5-8,11-12,14-19,21H2/p+1/b20-13+. The lowest BCUT2D eigenvalue weighted by Gasteiger charge is -2.34. The molecule has 9 heteroatoms. The Bertz CT molecular complexity index is 1370. The van der Waals surface area contributed by atoms with Crippen LogP contribution in [0.5, 0.6) is 0 Å². The summed E-state index contributed by atoms with van der Waals surface area (Å²) in [6.07, 6.45) is 10.3. The maximum absolute atomic E-state index is 13.0. The number of sulfonamides is 1. The maximum Gasteiger partial charge on any atom is 0.236 e.